The lowest BCUT2D eigenvalue weighted by molar-refractivity contribution is -0.320. The first kappa shape index (κ1) is 35.9. The van der Waals surface area contributed by atoms with Gasteiger partial charge in [0.25, 0.3) is 0 Å². The van der Waals surface area contributed by atoms with Crippen LogP contribution in [-0.2, 0) is 23.7 Å². The molecule has 0 aromatic heterocycles. The predicted octanol–water partition coefficient (Wildman–Crippen LogP) is -6.36. The first-order valence-corrected chi connectivity index (χ1v) is 15.4. The molecule has 0 bridgehead atoms. The molecule has 17 N–H and O–H groups in total. The van der Waals surface area contributed by atoms with E-state index in [2.05, 4.69) is 5.32 Å². The molecule has 17 heteroatoms. The molecule has 4 rings (SSSR count). The van der Waals surface area contributed by atoms with Crippen LogP contribution in [0, 0.1) is 11.8 Å². The van der Waals surface area contributed by atoms with Crippen molar-refractivity contribution >= 4 is 5.78 Å². The van der Waals surface area contributed by atoms with Crippen LogP contribution in [0.3, 0.4) is 0 Å². The Balaban J connectivity index is 1.54. The summed E-state index contributed by atoms with van der Waals surface area (Å²) < 4.78 is 24.0. The van der Waals surface area contributed by atoms with Crippen molar-refractivity contribution in [2.75, 3.05) is 26.2 Å². The van der Waals surface area contributed by atoms with E-state index in [9.17, 15) is 35.4 Å². The Bertz CT molecular complexity index is 920. The highest BCUT2D eigenvalue weighted by atomic mass is 16.7. The van der Waals surface area contributed by atoms with Crippen molar-refractivity contribution in [3.63, 3.8) is 0 Å². The van der Waals surface area contributed by atoms with Gasteiger partial charge >= 0.3 is 0 Å². The van der Waals surface area contributed by atoms with Crippen molar-refractivity contribution in [1.82, 2.24) is 5.32 Å². The molecule has 0 unspecified atom stereocenters. The lowest BCUT2D eigenvalue weighted by atomic mass is 9.76. The topological polar surface area (TPSA) is 318 Å². The van der Waals surface area contributed by atoms with E-state index in [4.69, 9.17) is 47.6 Å². The van der Waals surface area contributed by atoms with Gasteiger partial charge < -0.3 is 83.6 Å². The maximum atomic E-state index is 12.7. The number of ether oxygens (including phenoxy) is 4. The third-order valence-corrected chi connectivity index (χ3v) is 9.45. The minimum Gasteiger partial charge on any atom is -0.394 e. The average Bonchev–Trinajstić information content (AvgIpc) is 2.98. The van der Waals surface area contributed by atoms with E-state index in [1.807, 2.05) is 0 Å². The van der Waals surface area contributed by atoms with Gasteiger partial charge in [-0.15, -0.1) is 0 Å². The summed E-state index contributed by atoms with van der Waals surface area (Å²) in [7, 11) is 0. The summed E-state index contributed by atoms with van der Waals surface area (Å²) in [5, 5.41) is 66.3. The molecular weight excluding hydrogens is 584 g/mol. The van der Waals surface area contributed by atoms with Gasteiger partial charge in [-0.1, -0.05) is 0 Å². The lowest BCUT2D eigenvalue weighted by Gasteiger charge is -2.49. The molecule has 0 aromatic carbocycles. The van der Waals surface area contributed by atoms with Gasteiger partial charge in [0.05, 0.1) is 37.0 Å². The average molecular weight is 637 g/mol. The third-order valence-electron chi connectivity index (χ3n) is 9.45. The number of aliphatic hydroxyl groups excluding tert-OH is 6. The predicted molar refractivity (Wildman–Crippen MR) is 153 cm³/mol. The van der Waals surface area contributed by atoms with Crippen LogP contribution in [0.1, 0.15) is 32.1 Å². The Morgan fingerprint density at radius 2 is 1.55 bits per heavy atom. The summed E-state index contributed by atoms with van der Waals surface area (Å²) in [5.41, 5.74) is 29.7. The first-order valence-electron chi connectivity index (χ1n) is 15.4. The fourth-order valence-corrected chi connectivity index (χ4v) is 6.65. The largest absolute Gasteiger partial charge is 0.394 e. The van der Waals surface area contributed by atoms with Crippen LogP contribution in [0.25, 0.3) is 0 Å². The molecule has 4 fully saturated rings. The van der Waals surface area contributed by atoms with Gasteiger partial charge in [0.2, 0.25) is 0 Å². The molecule has 2 aliphatic heterocycles. The normalized spacial score (nSPS) is 47.2. The summed E-state index contributed by atoms with van der Waals surface area (Å²) in [6.45, 7) is -0.278. The summed E-state index contributed by atoms with van der Waals surface area (Å²) >= 11 is 0. The Morgan fingerprint density at radius 3 is 2.16 bits per heavy atom. The molecule has 2 saturated heterocycles. The second-order valence-electron chi connectivity index (χ2n) is 12.8. The number of aliphatic hydroxyl groups is 6. The molecule has 0 aromatic rings. The van der Waals surface area contributed by atoms with Gasteiger partial charge in [-0.3, -0.25) is 4.79 Å². The molecule has 15 atom stereocenters. The van der Waals surface area contributed by atoms with E-state index >= 15 is 0 Å². The van der Waals surface area contributed by atoms with Crippen LogP contribution in [0.5, 0.6) is 0 Å². The quantitative estimate of drug-likeness (QED) is 0.0894. The summed E-state index contributed by atoms with van der Waals surface area (Å²) in [4.78, 5) is 12.7. The zero-order valence-electron chi connectivity index (χ0n) is 24.8. The van der Waals surface area contributed by atoms with Crippen molar-refractivity contribution < 1.29 is 54.4 Å². The first-order chi connectivity index (χ1) is 20.9. The summed E-state index contributed by atoms with van der Waals surface area (Å²) in [6, 6.07) is -2.39. The Labute approximate surface area is 256 Å². The highest BCUT2D eigenvalue weighted by Crippen LogP contribution is 2.36. The Kier molecular flexibility index (Phi) is 12.8. The Morgan fingerprint density at radius 1 is 0.886 bits per heavy atom. The van der Waals surface area contributed by atoms with E-state index in [0.717, 1.165) is 12.8 Å². The molecule has 0 spiro atoms. The van der Waals surface area contributed by atoms with Crippen LogP contribution in [0.15, 0.2) is 0 Å². The van der Waals surface area contributed by atoms with E-state index in [1.54, 1.807) is 0 Å². The number of hydrogen-bond donors (Lipinski definition) is 12. The molecular formula is C27H52N6O11. The van der Waals surface area contributed by atoms with Gasteiger partial charge in [0.15, 0.2) is 18.4 Å². The Hall–Kier alpha value is -0.970. The minimum absolute atomic E-state index is 0.0267. The van der Waals surface area contributed by atoms with Crippen molar-refractivity contribution in [2.24, 2.45) is 40.5 Å². The number of nitrogens with one attached hydrogen (secondary N) is 1. The monoisotopic (exact) mass is 636 g/mol. The van der Waals surface area contributed by atoms with Gasteiger partial charge in [0, 0.05) is 31.6 Å². The van der Waals surface area contributed by atoms with E-state index < -0.39 is 104 Å². The number of carbonyl (C=O) groups excluding carboxylic acids is 1. The smallest absolute Gasteiger partial charge is 0.186 e. The molecule has 44 heavy (non-hydrogen) atoms. The molecule has 2 heterocycles. The zero-order chi connectivity index (χ0) is 32.3. The number of ketones is 1. The molecule has 4 aliphatic rings. The SMILES string of the molecule is NC[C@H](O)C(=O)C[C@@H]1C[C@H](N)[C@@H](O[C@H]2O[C@H](CN)[C@@H](O)C[C@H]2NCC2CC(N)C2)[C@H](O)[C@H]1O[C@H]1O[C@H](CO)[C@@H](O)[C@H](N)[C@H]1O. The van der Waals surface area contributed by atoms with Crippen molar-refractivity contribution in [3.8, 4) is 0 Å². The number of hydrogen-bond acceptors (Lipinski definition) is 17. The fraction of sp³-hybridized carbons (Fsp3) is 0.963. The van der Waals surface area contributed by atoms with Gasteiger partial charge in [-0.05, 0) is 44.1 Å². The van der Waals surface area contributed by atoms with Crippen LogP contribution in [-0.4, -0.2) is 154 Å². The van der Waals surface area contributed by atoms with Crippen molar-refractivity contribution in [2.45, 2.75) is 124 Å². The maximum absolute atomic E-state index is 12.7. The van der Waals surface area contributed by atoms with Crippen LogP contribution in [0.4, 0.5) is 0 Å². The molecule has 17 nitrogen and oxygen atoms in total. The lowest BCUT2D eigenvalue weighted by Crippen LogP contribution is -2.66. The highest BCUT2D eigenvalue weighted by molar-refractivity contribution is 5.83. The number of nitrogens with two attached hydrogens (primary N) is 5. The summed E-state index contributed by atoms with van der Waals surface area (Å²) in [5.74, 6) is -1.000. The van der Waals surface area contributed by atoms with Gasteiger partial charge in [-0.25, -0.2) is 0 Å². The molecule has 0 radical (unpaired) electrons. The maximum Gasteiger partial charge on any atom is 0.186 e. The van der Waals surface area contributed by atoms with E-state index in [0.29, 0.717) is 12.5 Å². The molecule has 0 amide bonds. The van der Waals surface area contributed by atoms with Gasteiger partial charge in [-0.2, -0.15) is 0 Å². The zero-order valence-corrected chi connectivity index (χ0v) is 24.8. The van der Waals surface area contributed by atoms with Crippen LogP contribution >= 0.6 is 0 Å². The fourth-order valence-electron chi connectivity index (χ4n) is 6.65. The van der Waals surface area contributed by atoms with Crippen molar-refractivity contribution in [3.05, 3.63) is 0 Å². The number of rotatable bonds is 13. The number of Topliss-reactive ketones (excluding diaryl/α,β-unsaturated/α-hetero) is 1. The highest BCUT2D eigenvalue weighted by Gasteiger charge is 2.51. The second-order valence-corrected chi connectivity index (χ2v) is 12.8. The standard InChI is InChI=1S/C27H52N6O11/c28-6-17(37)15(35)4-11-3-13(31)25(23(40)24(11)43-27-22(39)20(32)21(38)19(9-34)42-27)44-26-14(5-16(36)18(7-29)41-26)33-8-10-1-12(30)2-10/h10-14,16-27,33-34,36-40H,1-9,28-32H2/t10?,11-,12?,13-,14+,16-,17-,18+,19+,20-,21+,22+,23+,24-,25+,26+,27+/m0/s1. The minimum atomic E-state index is -1.55. The molecule has 256 valence electrons. The number of carbonyl (C=O) groups is 1. The second kappa shape index (κ2) is 15.7. The van der Waals surface area contributed by atoms with Crippen LogP contribution in [0.2, 0.25) is 0 Å². The van der Waals surface area contributed by atoms with E-state index in [-0.39, 0.29) is 38.4 Å². The van der Waals surface area contributed by atoms with Gasteiger partial charge in [0.1, 0.15) is 36.6 Å². The van der Waals surface area contributed by atoms with Crippen LogP contribution < -0.4 is 34.0 Å². The van der Waals surface area contributed by atoms with E-state index in [1.165, 1.54) is 0 Å². The molecule has 2 aliphatic carbocycles. The summed E-state index contributed by atoms with van der Waals surface area (Å²) in [6.07, 6.45) is -11.6. The molecule has 2 saturated carbocycles. The van der Waals surface area contributed by atoms with Crippen molar-refractivity contribution in [1.29, 1.82) is 0 Å². The third kappa shape index (κ3) is 8.11.